The van der Waals surface area contributed by atoms with E-state index < -0.39 is 0 Å². The monoisotopic (exact) mass is 337 g/mol. The van der Waals surface area contributed by atoms with Crippen LogP contribution in [-0.4, -0.2) is 12.5 Å². The minimum Gasteiger partial charge on any atom is -0.484 e. The Morgan fingerprint density at radius 1 is 1.25 bits per heavy atom. The number of hydrogen-bond acceptors (Lipinski definition) is 2. The molecule has 0 heterocycles. The molecule has 1 amide bonds. The van der Waals surface area contributed by atoms with Gasteiger partial charge in [-0.2, -0.15) is 0 Å². The lowest BCUT2D eigenvalue weighted by Crippen LogP contribution is -2.20. The van der Waals surface area contributed by atoms with Gasteiger partial charge < -0.3 is 10.1 Å². The number of carbonyl (C=O) groups is 1. The van der Waals surface area contributed by atoms with Gasteiger partial charge >= 0.3 is 0 Å². The Hall–Kier alpha value is -1.88. The SMILES string of the molecule is Cc1cc(OCC(=O)Nc2ccc(F)cc2)ccc1Br. The summed E-state index contributed by atoms with van der Waals surface area (Å²) in [6, 6.07) is 11.1. The molecule has 5 heteroatoms. The summed E-state index contributed by atoms with van der Waals surface area (Å²) in [6.07, 6.45) is 0. The molecule has 0 aliphatic carbocycles. The van der Waals surface area contributed by atoms with E-state index >= 15 is 0 Å². The normalized spacial score (nSPS) is 10.2. The molecule has 0 spiro atoms. The van der Waals surface area contributed by atoms with E-state index in [1.54, 1.807) is 6.07 Å². The molecule has 0 aromatic heterocycles. The van der Waals surface area contributed by atoms with Gasteiger partial charge in [-0.25, -0.2) is 4.39 Å². The van der Waals surface area contributed by atoms with Crippen LogP contribution in [0.5, 0.6) is 5.75 Å². The molecular formula is C15H13BrFNO2. The van der Waals surface area contributed by atoms with E-state index in [9.17, 15) is 9.18 Å². The van der Waals surface area contributed by atoms with Crippen molar-refractivity contribution in [3.8, 4) is 5.75 Å². The van der Waals surface area contributed by atoms with Crippen molar-refractivity contribution < 1.29 is 13.9 Å². The van der Waals surface area contributed by atoms with Crippen LogP contribution in [0.1, 0.15) is 5.56 Å². The fourth-order valence-electron chi connectivity index (χ4n) is 1.59. The molecule has 20 heavy (non-hydrogen) atoms. The lowest BCUT2D eigenvalue weighted by Gasteiger charge is -2.08. The Morgan fingerprint density at radius 3 is 2.60 bits per heavy atom. The smallest absolute Gasteiger partial charge is 0.262 e. The van der Waals surface area contributed by atoms with Gasteiger partial charge in [0.05, 0.1) is 0 Å². The second kappa shape index (κ2) is 6.52. The van der Waals surface area contributed by atoms with Gasteiger partial charge in [-0.05, 0) is 55.0 Å². The fraction of sp³-hybridized carbons (Fsp3) is 0.133. The predicted octanol–water partition coefficient (Wildman–Crippen LogP) is 3.91. The first-order chi connectivity index (χ1) is 9.54. The van der Waals surface area contributed by atoms with E-state index in [2.05, 4.69) is 21.2 Å². The first-order valence-electron chi connectivity index (χ1n) is 5.99. The number of ether oxygens (including phenoxy) is 1. The third kappa shape index (κ3) is 4.06. The molecule has 0 radical (unpaired) electrons. The van der Waals surface area contributed by atoms with Crippen LogP contribution in [0.3, 0.4) is 0 Å². The van der Waals surface area contributed by atoms with E-state index in [-0.39, 0.29) is 18.3 Å². The molecule has 2 aromatic rings. The van der Waals surface area contributed by atoms with Crippen molar-refractivity contribution in [2.75, 3.05) is 11.9 Å². The van der Waals surface area contributed by atoms with Crippen LogP contribution < -0.4 is 10.1 Å². The molecule has 0 bridgehead atoms. The molecule has 104 valence electrons. The van der Waals surface area contributed by atoms with Gasteiger partial charge in [-0.3, -0.25) is 4.79 Å². The fourth-order valence-corrected chi connectivity index (χ4v) is 1.83. The van der Waals surface area contributed by atoms with Crippen molar-refractivity contribution in [1.29, 1.82) is 0 Å². The van der Waals surface area contributed by atoms with Crippen molar-refractivity contribution in [2.45, 2.75) is 6.92 Å². The Labute approximate surface area is 124 Å². The molecule has 2 aromatic carbocycles. The number of carbonyl (C=O) groups excluding carboxylic acids is 1. The van der Waals surface area contributed by atoms with Gasteiger partial charge in [0.25, 0.3) is 5.91 Å². The summed E-state index contributed by atoms with van der Waals surface area (Å²) >= 11 is 3.39. The highest BCUT2D eigenvalue weighted by atomic mass is 79.9. The summed E-state index contributed by atoms with van der Waals surface area (Å²) in [6.45, 7) is 1.84. The van der Waals surface area contributed by atoms with Gasteiger partial charge in [-0.1, -0.05) is 15.9 Å². The molecule has 3 nitrogen and oxygen atoms in total. The van der Waals surface area contributed by atoms with Crippen LogP contribution in [-0.2, 0) is 4.79 Å². The first-order valence-corrected chi connectivity index (χ1v) is 6.78. The minimum atomic E-state index is -0.343. The number of hydrogen-bond donors (Lipinski definition) is 1. The Balaban J connectivity index is 1.88. The van der Waals surface area contributed by atoms with Crippen molar-refractivity contribution in [3.63, 3.8) is 0 Å². The van der Waals surface area contributed by atoms with Crippen LogP contribution in [0.4, 0.5) is 10.1 Å². The standard InChI is InChI=1S/C15H13BrFNO2/c1-10-8-13(6-7-14(10)16)20-9-15(19)18-12-4-2-11(17)3-5-12/h2-8H,9H2,1H3,(H,18,19). The van der Waals surface area contributed by atoms with Gasteiger partial charge in [-0.15, -0.1) is 0 Å². The zero-order valence-electron chi connectivity index (χ0n) is 10.8. The summed E-state index contributed by atoms with van der Waals surface area (Å²) < 4.78 is 19.1. The zero-order valence-corrected chi connectivity index (χ0v) is 12.4. The summed E-state index contributed by atoms with van der Waals surface area (Å²) in [5, 5.41) is 2.63. The van der Waals surface area contributed by atoms with Crippen LogP contribution in [0.15, 0.2) is 46.9 Å². The number of nitrogens with one attached hydrogen (secondary N) is 1. The molecular weight excluding hydrogens is 325 g/mol. The van der Waals surface area contributed by atoms with Crippen LogP contribution in [0.25, 0.3) is 0 Å². The maximum Gasteiger partial charge on any atom is 0.262 e. The average Bonchev–Trinajstić information content (AvgIpc) is 2.43. The maximum atomic E-state index is 12.7. The highest BCUT2D eigenvalue weighted by Gasteiger charge is 2.05. The largest absolute Gasteiger partial charge is 0.484 e. The zero-order chi connectivity index (χ0) is 14.5. The second-order valence-electron chi connectivity index (χ2n) is 4.25. The van der Waals surface area contributed by atoms with Gasteiger partial charge in [0.2, 0.25) is 0 Å². The minimum absolute atomic E-state index is 0.0988. The van der Waals surface area contributed by atoms with E-state index in [0.717, 1.165) is 10.0 Å². The summed E-state index contributed by atoms with van der Waals surface area (Å²) in [7, 11) is 0. The highest BCUT2D eigenvalue weighted by molar-refractivity contribution is 9.10. The molecule has 0 aliphatic heterocycles. The third-order valence-corrected chi connectivity index (χ3v) is 3.52. The predicted molar refractivity (Wildman–Crippen MR) is 79.4 cm³/mol. The van der Waals surface area contributed by atoms with Crippen molar-refractivity contribution in [1.82, 2.24) is 0 Å². The van der Waals surface area contributed by atoms with Crippen molar-refractivity contribution in [3.05, 3.63) is 58.3 Å². The number of halogens is 2. The first kappa shape index (κ1) is 14.5. The van der Waals surface area contributed by atoms with Crippen LogP contribution in [0.2, 0.25) is 0 Å². The van der Waals surface area contributed by atoms with Crippen LogP contribution in [0, 0.1) is 12.7 Å². The summed E-state index contributed by atoms with van der Waals surface area (Å²) in [5.74, 6) is -0.0123. The molecule has 2 rings (SSSR count). The van der Waals surface area contributed by atoms with Crippen molar-refractivity contribution in [2.24, 2.45) is 0 Å². The average molecular weight is 338 g/mol. The van der Waals surface area contributed by atoms with Gasteiger partial charge in [0, 0.05) is 10.2 Å². The highest BCUT2D eigenvalue weighted by Crippen LogP contribution is 2.21. The molecule has 0 saturated heterocycles. The lowest BCUT2D eigenvalue weighted by molar-refractivity contribution is -0.118. The van der Waals surface area contributed by atoms with E-state index in [1.807, 2.05) is 19.1 Å². The van der Waals surface area contributed by atoms with E-state index in [4.69, 9.17) is 4.74 Å². The maximum absolute atomic E-state index is 12.7. The second-order valence-corrected chi connectivity index (χ2v) is 5.11. The number of benzene rings is 2. The van der Waals surface area contributed by atoms with Gasteiger partial charge in [0.1, 0.15) is 11.6 Å². The molecule has 1 N–H and O–H groups in total. The van der Waals surface area contributed by atoms with Crippen LogP contribution >= 0.6 is 15.9 Å². The number of amides is 1. The third-order valence-electron chi connectivity index (χ3n) is 2.63. The molecule has 0 fully saturated rings. The summed E-state index contributed by atoms with van der Waals surface area (Å²) in [4.78, 5) is 11.7. The van der Waals surface area contributed by atoms with Crippen molar-refractivity contribution >= 4 is 27.5 Å². The Kier molecular flexibility index (Phi) is 4.74. The van der Waals surface area contributed by atoms with E-state index in [1.165, 1.54) is 24.3 Å². The molecule has 0 saturated carbocycles. The topological polar surface area (TPSA) is 38.3 Å². The van der Waals surface area contributed by atoms with E-state index in [0.29, 0.717) is 11.4 Å². The number of rotatable bonds is 4. The Bertz CT molecular complexity index is 614. The molecule has 0 atom stereocenters. The van der Waals surface area contributed by atoms with Gasteiger partial charge in [0.15, 0.2) is 6.61 Å². The quantitative estimate of drug-likeness (QED) is 0.918. The Morgan fingerprint density at radius 2 is 1.95 bits per heavy atom. The number of anilines is 1. The molecule has 0 unspecified atom stereocenters. The lowest BCUT2D eigenvalue weighted by atomic mass is 10.2. The molecule has 0 aliphatic rings. The number of aryl methyl sites for hydroxylation is 1. The summed E-state index contributed by atoms with van der Waals surface area (Å²) in [5.41, 5.74) is 1.56.